The first kappa shape index (κ1) is 14.4. The molecule has 2 amide bonds. The number of carbonyl (C=O) groups excluding carboxylic acids is 1. The van der Waals surface area contributed by atoms with Gasteiger partial charge in [0.05, 0.1) is 13.2 Å². The Kier molecular flexibility index (Phi) is 3.85. The molecule has 1 aromatic carbocycles. The maximum atomic E-state index is 12.5. The summed E-state index contributed by atoms with van der Waals surface area (Å²) in [6, 6.07) is 5.57. The molecule has 0 radical (unpaired) electrons. The monoisotopic (exact) mass is 314 g/mol. The minimum Gasteiger partial charge on any atom is -0.490 e. The van der Waals surface area contributed by atoms with Crippen molar-refractivity contribution in [3.05, 3.63) is 30.4 Å². The Morgan fingerprint density at radius 2 is 1.74 bits per heavy atom. The minimum absolute atomic E-state index is 0.0195. The van der Waals surface area contributed by atoms with Gasteiger partial charge in [0.25, 0.3) is 0 Å². The quantitative estimate of drug-likeness (QED) is 0.809. The third-order valence-corrected chi connectivity index (χ3v) is 4.91. The Morgan fingerprint density at radius 3 is 2.48 bits per heavy atom. The Labute approximate surface area is 136 Å². The van der Waals surface area contributed by atoms with Crippen molar-refractivity contribution in [3.63, 3.8) is 0 Å². The van der Waals surface area contributed by atoms with Crippen molar-refractivity contribution in [1.82, 2.24) is 4.90 Å². The van der Waals surface area contributed by atoms with E-state index in [0.29, 0.717) is 30.8 Å². The van der Waals surface area contributed by atoms with Crippen molar-refractivity contribution in [2.24, 2.45) is 11.8 Å². The van der Waals surface area contributed by atoms with Crippen molar-refractivity contribution < 1.29 is 14.3 Å². The van der Waals surface area contributed by atoms with Gasteiger partial charge >= 0.3 is 6.03 Å². The van der Waals surface area contributed by atoms with Crippen molar-refractivity contribution in [2.45, 2.75) is 19.3 Å². The summed E-state index contributed by atoms with van der Waals surface area (Å²) < 4.78 is 11.3. The highest BCUT2D eigenvalue weighted by atomic mass is 16.5. The minimum atomic E-state index is -0.0195. The summed E-state index contributed by atoms with van der Waals surface area (Å²) in [7, 11) is 0. The Hall–Kier alpha value is -2.17. The second-order valence-corrected chi connectivity index (χ2v) is 6.51. The molecule has 5 heteroatoms. The van der Waals surface area contributed by atoms with Crippen LogP contribution in [-0.4, -0.2) is 37.2 Å². The predicted octanol–water partition coefficient (Wildman–Crippen LogP) is 3.28. The van der Waals surface area contributed by atoms with E-state index in [4.69, 9.17) is 9.47 Å². The molecular formula is C18H22N2O3. The molecule has 2 atom stereocenters. The number of hydrogen-bond acceptors (Lipinski definition) is 3. The van der Waals surface area contributed by atoms with Gasteiger partial charge in [0.1, 0.15) is 0 Å². The average Bonchev–Trinajstić information content (AvgIpc) is 2.87. The lowest BCUT2D eigenvalue weighted by atomic mass is 9.86. The molecule has 122 valence electrons. The molecule has 0 bridgehead atoms. The zero-order valence-corrected chi connectivity index (χ0v) is 13.2. The van der Waals surface area contributed by atoms with E-state index in [0.717, 1.165) is 43.8 Å². The van der Waals surface area contributed by atoms with Crippen molar-refractivity contribution in [1.29, 1.82) is 0 Å². The summed E-state index contributed by atoms with van der Waals surface area (Å²) in [4.78, 5) is 14.5. The Morgan fingerprint density at radius 1 is 1.04 bits per heavy atom. The van der Waals surface area contributed by atoms with Crippen LogP contribution >= 0.6 is 0 Å². The van der Waals surface area contributed by atoms with Crippen LogP contribution in [0.3, 0.4) is 0 Å². The summed E-state index contributed by atoms with van der Waals surface area (Å²) in [5.41, 5.74) is 0.757. The van der Waals surface area contributed by atoms with Crippen LogP contribution in [0, 0.1) is 11.8 Å². The van der Waals surface area contributed by atoms with Gasteiger partial charge < -0.3 is 19.7 Å². The lowest BCUT2D eigenvalue weighted by Gasteiger charge is -2.18. The molecule has 0 saturated carbocycles. The fraction of sp³-hybridized carbons (Fsp3) is 0.500. The number of amides is 2. The normalized spacial score (nSPS) is 25.7. The summed E-state index contributed by atoms with van der Waals surface area (Å²) in [5, 5.41) is 3.00. The number of anilines is 1. The molecule has 3 aliphatic rings. The first-order chi connectivity index (χ1) is 11.3. The molecule has 4 rings (SSSR count). The molecule has 2 unspecified atom stereocenters. The fourth-order valence-corrected chi connectivity index (χ4v) is 3.62. The van der Waals surface area contributed by atoms with Crippen LogP contribution in [-0.2, 0) is 0 Å². The van der Waals surface area contributed by atoms with Crippen LogP contribution < -0.4 is 14.8 Å². The first-order valence-electron chi connectivity index (χ1n) is 8.40. The maximum absolute atomic E-state index is 12.5. The van der Waals surface area contributed by atoms with Gasteiger partial charge in [-0.2, -0.15) is 0 Å². The number of urea groups is 1. The molecule has 1 N–H and O–H groups in total. The van der Waals surface area contributed by atoms with Gasteiger partial charge in [0, 0.05) is 31.3 Å². The molecule has 1 aliphatic carbocycles. The second kappa shape index (κ2) is 6.14. The number of fused-ring (bicyclic) bond motifs is 2. The highest BCUT2D eigenvalue weighted by Gasteiger charge is 2.35. The van der Waals surface area contributed by atoms with E-state index in [-0.39, 0.29) is 6.03 Å². The van der Waals surface area contributed by atoms with Gasteiger partial charge in [-0.05, 0) is 36.8 Å². The van der Waals surface area contributed by atoms with E-state index in [1.165, 1.54) is 0 Å². The standard InChI is InChI=1S/C18H22N2O3/c21-18(20-11-13-4-1-2-5-14(13)12-20)19-15-6-7-16-17(10-15)23-9-3-8-22-16/h1-2,6-7,10,13-14H,3-5,8-9,11-12H2,(H,19,21). The molecule has 1 fully saturated rings. The van der Waals surface area contributed by atoms with Crippen molar-refractivity contribution in [2.75, 3.05) is 31.6 Å². The van der Waals surface area contributed by atoms with E-state index >= 15 is 0 Å². The lowest BCUT2D eigenvalue weighted by Crippen LogP contribution is -2.33. The lowest BCUT2D eigenvalue weighted by molar-refractivity contribution is 0.220. The van der Waals surface area contributed by atoms with Gasteiger partial charge in [0.15, 0.2) is 11.5 Å². The zero-order chi connectivity index (χ0) is 15.6. The van der Waals surface area contributed by atoms with Crippen LogP contribution in [0.5, 0.6) is 11.5 Å². The fourth-order valence-electron chi connectivity index (χ4n) is 3.62. The number of allylic oxidation sites excluding steroid dienone is 2. The Balaban J connectivity index is 1.42. The molecule has 1 aromatic rings. The molecule has 5 nitrogen and oxygen atoms in total. The largest absolute Gasteiger partial charge is 0.490 e. The number of nitrogens with zero attached hydrogens (tertiary/aromatic N) is 1. The molecular weight excluding hydrogens is 292 g/mol. The highest BCUT2D eigenvalue weighted by Crippen LogP contribution is 2.34. The number of benzene rings is 1. The molecule has 1 saturated heterocycles. The zero-order valence-electron chi connectivity index (χ0n) is 13.2. The van der Waals surface area contributed by atoms with Crippen LogP contribution in [0.15, 0.2) is 30.4 Å². The van der Waals surface area contributed by atoms with Crippen molar-refractivity contribution in [3.8, 4) is 11.5 Å². The van der Waals surface area contributed by atoms with Crippen LogP contribution in [0.25, 0.3) is 0 Å². The molecule has 0 aromatic heterocycles. The second-order valence-electron chi connectivity index (χ2n) is 6.51. The number of carbonyl (C=O) groups is 1. The smallest absolute Gasteiger partial charge is 0.321 e. The van der Waals surface area contributed by atoms with E-state index < -0.39 is 0 Å². The molecule has 2 heterocycles. The molecule has 23 heavy (non-hydrogen) atoms. The van der Waals surface area contributed by atoms with E-state index in [1.54, 1.807) is 0 Å². The van der Waals surface area contributed by atoms with E-state index in [2.05, 4.69) is 17.5 Å². The summed E-state index contributed by atoms with van der Waals surface area (Å²) in [5.74, 6) is 2.70. The van der Waals surface area contributed by atoms with Crippen LogP contribution in [0.1, 0.15) is 19.3 Å². The molecule has 2 aliphatic heterocycles. The predicted molar refractivity (Wildman–Crippen MR) is 88.0 cm³/mol. The number of likely N-dealkylation sites (tertiary alicyclic amines) is 1. The molecule has 0 spiro atoms. The highest BCUT2D eigenvalue weighted by molar-refractivity contribution is 5.90. The summed E-state index contributed by atoms with van der Waals surface area (Å²) in [6.07, 6.45) is 7.55. The number of hydrogen-bond donors (Lipinski definition) is 1. The topological polar surface area (TPSA) is 50.8 Å². The first-order valence-corrected chi connectivity index (χ1v) is 8.40. The van der Waals surface area contributed by atoms with Gasteiger partial charge in [-0.25, -0.2) is 4.79 Å². The van der Waals surface area contributed by atoms with Crippen LogP contribution in [0.4, 0.5) is 10.5 Å². The van der Waals surface area contributed by atoms with Gasteiger partial charge in [-0.1, -0.05) is 12.2 Å². The average molecular weight is 314 g/mol. The van der Waals surface area contributed by atoms with Gasteiger partial charge in [-0.3, -0.25) is 0 Å². The summed E-state index contributed by atoms with van der Waals surface area (Å²) in [6.45, 7) is 3.02. The maximum Gasteiger partial charge on any atom is 0.321 e. The third-order valence-electron chi connectivity index (χ3n) is 4.91. The van der Waals surface area contributed by atoms with Crippen molar-refractivity contribution >= 4 is 11.7 Å². The number of ether oxygens (including phenoxy) is 2. The Bertz CT molecular complexity index is 613. The van der Waals surface area contributed by atoms with Gasteiger partial charge in [-0.15, -0.1) is 0 Å². The van der Waals surface area contributed by atoms with E-state index in [1.807, 2.05) is 23.1 Å². The number of nitrogens with one attached hydrogen (secondary N) is 1. The van der Waals surface area contributed by atoms with Gasteiger partial charge in [0.2, 0.25) is 0 Å². The SMILES string of the molecule is O=C(Nc1ccc2c(c1)OCCCO2)N1CC2CC=CCC2C1. The summed E-state index contributed by atoms with van der Waals surface area (Å²) >= 11 is 0. The van der Waals surface area contributed by atoms with E-state index in [9.17, 15) is 4.79 Å². The van der Waals surface area contributed by atoms with Crippen LogP contribution in [0.2, 0.25) is 0 Å². The third kappa shape index (κ3) is 3.00. The number of rotatable bonds is 1.